The van der Waals surface area contributed by atoms with Crippen LogP contribution in [0.2, 0.25) is 0 Å². The van der Waals surface area contributed by atoms with E-state index in [1.54, 1.807) is 0 Å². The van der Waals surface area contributed by atoms with E-state index in [9.17, 15) is 4.79 Å². The summed E-state index contributed by atoms with van der Waals surface area (Å²) in [6.07, 6.45) is 3.69. The number of nitrogens with zero attached hydrogens (tertiary/aromatic N) is 1. The Balaban J connectivity index is 0.00000121. The van der Waals surface area contributed by atoms with E-state index in [4.69, 9.17) is 5.11 Å². The van der Waals surface area contributed by atoms with Crippen LogP contribution in [0, 0.1) is 0 Å². The van der Waals surface area contributed by atoms with Crippen molar-refractivity contribution in [1.82, 2.24) is 4.90 Å². The van der Waals surface area contributed by atoms with Crippen molar-refractivity contribution in [1.29, 1.82) is 0 Å². The minimum Gasteiger partial charge on any atom is -1.00 e. The highest BCUT2D eigenvalue weighted by Gasteiger charge is 2.10. The van der Waals surface area contributed by atoms with Crippen LogP contribution in [0.1, 0.15) is 25.7 Å². The molecular formula is C8H15ClNO2-. The van der Waals surface area contributed by atoms with Crippen LogP contribution in [0.4, 0.5) is 0 Å². The third kappa shape index (κ3) is 4.57. The summed E-state index contributed by atoms with van der Waals surface area (Å²) in [4.78, 5) is 12.5. The predicted octanol–water partition coefficient (Wildman–Crippen LogP) is -2.05. The van der Waals surface area contributed by atoms with Gasteiger partial charge in [-0.2, -0.15) is 0 Å². The van der Waals surface area contributed by atoms with Crippen LogP contribution in [0.5, 0.6) is 0 Å². The molecule has 0 aromatic heterocycles. The van der Waals surface area contributed by atoms with Gasteiger partial charge in [0.2, 0.25) is 0 Å². The molecule has 12 heavy (non-hydrogen) atoms. The number of likely N-dealkylation sites (tertiary alicyclic amines) is 1. The highest BCUT2D eigenvalue weighted by atomic mass is 35.5. The average molecular weight is 193 g/mol. The summed E-state index contributed by atoms with van der Waals surface area (Å²) in [5, 5.41) is 8.37. The molecule has 0 aromatic carbocycles. The van der Waals surface area contributed by atoms with Gasteiger partial charge in [0.05, 0.1) is 0 Å². The fourth-order valence-corrected chi connectivity index (χ4v) is 1.46. The summed E-state index contributed by atoms with van der Waals surface area (Å²) >= 11 is 0. The number of carboxylic acid groups (broad SMARTS) is 1. The summed E-state index contributed by atoms with van der Waals surface area (Å²) in [5.41, 5.74) is 0. The van der Waals surface area contributed by atoms with Crippen molar-refractivity contribution in [2.75, 3.05) is 19.6 Å². The summed E-state index contributed by atoms with van der Waals surface area (Å²) in [7, 11) is 0. The van der Waals surface area contributed by atoms with Gasteiger partial charge in [-0.1, -0.05) is 0 Å². The first-order valence-corrected chi connectivity index (χ1v) is 4.23. The highest BCUT2D eigenvalue weighted by Crippen LogP contribution is 2.07. The molecule has 3 nitrogen and oxygen atoms in total. The molecule has 0 radical (unpaired) electrons. The molecule has 4 heteroatoms. The number of hydrogen-bond acceptors (Lipinski definition) is 2. The lowest BCUT2D eigenvalue weighted by Crippen LogP contribution is -3.00. The Hall–Kier alpha value is -0.280. The molecular weight excluding hydrogens is 178 g/mol. The molecule has 0 spiro atoms. The van der Waals surface area contributed by atoms with E-state index in [1.807, 2.05) is 0 Å². The smallest absolute Gasteiger partial charge is 0.303 e. The number of halogens is 1. The van der Waals surface area contributed by atoms with Crippen molar-refractivity contribution < 1.29 is 22.3 Å². The van der Waals surface area contributed by atoms with Gasteiger partial charge < -0.3 is 22.4 Å². The Bertz CT molecular complexity index is 135. The van der Waals surface area contributed by atoms with Gasteiger partial charge >= 0.3 is 5.97 Å². The van der Waals surface area contributed by atoms with Crippen LogP contribution in [-0.2, 0) is 4.79 Å². The number of carboxylic acids is 1. The molecule has 0 atom stereocenters. The van der Waals surface area contributed by atoms with Gasteiger partial charge in [0.25, 0.3) is 0 Å². The van der Waals surface area contributed by atoms with Gasteiger partial charge in [0.15, 0.2) is 0 Å². The third-order valence-electron chi connectivity index (χ3n) is 2.06. The third-order valence-corrected chi connectivity index (χ3v) is 2.06. The minimum absolute atomic E-state index is 0. The Kier molecular flexibility index (Phi) is 6.11. The molecule has 0 bridgehead atoms. The molecule has 72 valence electrons. The Morgan fingerprint density at radius 3 is 2.42 bits per heavy atom. The average Bonchev–Trinajstić information content (AvgIpc) is 2.39. The molecule has 0 unspecified atom stereocenters. The maximum atomic E-state index is 10.2. The first-order valence-electron chi connectivity index (χ1n) is 4.23. The Morgan fingerprint density at radius 1 is 1.33 bits per heavy atom. The largest absolute Gasteiger partial charge is 1.00 e. The summed E-state index contributed by atoms with van der Waals surface area (Å²) in [6.45, 7) is 3.30. The summed E-state index contributed by atoms with van der Waals surface area (Å²) < 4.78 is 0. The zero-order chi connectivity index (χ0) is 8.10. The molecule has 0 aromatic rings. The van der Waals surface area contributed by atoms with Gasteiger partial charge in [-0.25, -0.2) is 0 Å². The fourth-order valence-electron chi connectivity index (χ4n) is 1.46. The molecule has 0 aliphatic carbocycles. The predicted molar refractivity (Wildman–Crippen MR) is 42.5 cm³/mol. The second kappa shape index (κ2) is 6.26. The fraction of sp³-hybridized carbons (Fsp3) is 0.875. The lowest BCUT2D eigenvalue weighted by atomic mass is 10.3. The van der Waals surface area contributed by atoms with Gasteiger partial charge in [-0.3, -0.25) is 4.79 Å². The zero-order valence-corrected chi connectivity index (χ0v) is 7.89. The van der Waals surface area contributed by atoms with Crippen molar-refractivity contribution in [3.8, 4) is 0 Å². The first kappa shape index (κ1) is 11.7. The van der Waals surface area contributed by atoms with Crippen LogP contribution in [0.25, 0.3) is 0 Å². The van der Waals surface area contributed by atoms with Gasteiger partial charge in [0, 0.05) is 6.42 Å². The van der Waals surface area contributed by atoms with Crippen LogP contribution in [-0.4, -0.2) is 35.6 Å². The van der Waals surface area contributed by atoms with Gasteiger partial charge in [0.1, 0.15) is 0 Å². The lowest BCUT2D eigenvalue weighted by molar-refractivity contribution is -0.137. The second-order valence-corrected chi connectivity index (χ2v) is 3.05. The van der Waals surface area contributed by atoms with Crippen molar-refractivity contribution in [2.24, 2.45) is 0 Å². The topological polar surface area (TPSA) is 40.5 Å². The summed E-state index contributed by atoms with van der Waals surface area (Å²) in [5.74, 6) is -0.677. The van der Waals surface area contributed by atoms with E-state index >= 15 is 0 Å². The second-order valence-electron chi connectivity index (χ2n) is 3.05. The van der Waals surface area contributed by atoms with Crippen molar-refractivity contribution in [3.05, 3.63) is 0 Å². The van der Waals surface area contributed by atoms with Gasteiger partial charge in [-0.15, -0.1) is 0 Å². The number of rotatable bonds is 4. The van der Waals surface area contributed by atoms with E-state index < -0.39 is 5.97 Å². The van der Waals surface area contributed by atoms with Crippen molar-refractivity contribution in [2.45, 2.75) is 25.7 Å². The van der Waals surface area contributed by atoms with Crippen LogP contribution < -0.4 is 12.4 Å². The van der Waals surface area contributed by atoms with Gasteiger partial charge in [-0.05, 0) is 38.9 Å². The Morgan fingerprint density at radius 2 is 1.92 bits per heavy atom. The monoisotopic (exact) mass is 192 g/mol. The maximum absolute atomic E-state index is 10.2. The lowest BCUT2D eigenvalue weighted by Gasteiger charge is -2.12. The molecule has 1 saturated heterocycles. The standard InChI is InChI=1S/C8H15NO2.ClH/c10-8(11)4-3-7-9-5-1-2-6-9;/h1-7H2,(H,10,11);1H/p-1. The van der Waals surface area contributed by atoms with E-state index in [-0.39, 0.29) is 12.4 Å². The first-order chi connectivity index (χ1) is 5.29. The van der Waals surface area contributed by atoms with Crippen molar-refractivity contribution >= 4 is 5.97 Å². The van der Waals surface area contributed by atoms with Crippen molar-refractivity contribution in [3.63, 3.8) is 0 Å². The molecule has 1 aliphatic rings. The van der Waals surface area contributed by atoms with Crippen LogP contribution in [0.3, 0.4) is 0 Å². The molecule has 1 N–H and O–H groups in total. The van der Waals surface area contributed by atoms with E-state index in [2.05, 4.69) is 4.90 Å². The molecule has 1 rings (SSSR count). The number of carbonyl (C=O) groups is 1. The van der Waals surface area contributed by atoms with E-state index in [1.165, 1.54) is 25.9 Å². The molecule has 0 amide bonds. The molecule has 1 aliphatic heterocycles. The maximum Gasteiger partial charge on any atom is 0.303 e. The van der Waals surface area contributed by atoms with E-state index in [0.717, 1.165) is 13.0 Å². The normalized spacial score (nSPS) is 17.3. The molecule has 1 heterocycles. The number of aliphatic carboxylic acids is 1. The quantitative estimate of drug-likeness (QED) is 0.558. The van der Waals surface area contributed by atoms with Crippen LogP contribution >= 0.6 is 0 Å². The SMILES string of the molecule is O=C(O)CCCN1CCCC1.[Cl-]. The van der Waals surface area contributed by atoms with E-state index in [0.29, 0.717) is 6.42 Å². The highest BCUT2D eigenvalue weighted by molar-refractivity contribution is 5.66. The minimum atomic E-state index is -0.677. The number of hydrogen-bond donors (Lipinski definition) is 1. The summed E-state index contributed by atoms with van der Waals surface area (Å²) in [6, 6.07) is 0. The molecule has 1 fully saturated rings. The zero-order valence-electron chi connectivity index (χ0n) is 7.13. The molecule has 0 saturated carbocycles. The Labute approximate surface area is 79.2 Å². The van der Waals surface area contributed by atoms with Crippen LogP contribution in [0.15, 0.2) is 0 Å².